The SMILES string of the molecule is C=C(CC/C=C\CC)N(C)/C(CCC)=C(C)/C=C(\C)c1ccc(C)cc1. The van der Waals surface area contributed by atoms with Crippen molar-refractivity contribution in [1.29, 1.82) is 0 Å². The van der Waals surface area contributed by atoms with Crippen LogP contribution in [0.25, 0.3) is 5.57 Å². The first-order valence-electron chi connectivity index (χ1n) is 9.92. The van der Waals surface area contributed by atoms with Gasteiger partial charge in [0.05, 0.1) is 0 Å². The second kappa shape index (κ2) is 11.6. The molecule has 0 aliphatic heterocycles. The number of rotatable bonds is 10. The van der Waals surface area contributed by atoms with Gasteiger partial charge >= 0.3 is 0 Å². The van der Waals surface area contributed by atoms with Gasteiger partial charge in [-0.25, -0.2) is 0 Å². The molecule has 0 aliphatic carbocycles. The fraction of sp³-hybridized carbons (Fsp3) is 0.440. The molecule has 0 heterocycles. The maximum atomic E-state index is 4.32. The third-order valence-corrected chi connectivity index (χ3v) is 4.76. The van der Waals surface area contributed by atoms with Gasteiger partial charge in [0.25, 0.3) is 0 Å². The number of aryl methyl sites for hydroxylation is 1. The van der Waals surface area contributed by atoms with Crippen molar-refractivity contribution >= 4 is 5.57 Å². The van der Waals surface area contributed by atoms with Crippen LogP contribution >= 0.6 is 0 Å². The van der Waals surface area contributed by atoms with E-state index in [2.05, 4.69) is 95.6 Å². The zero-order valence-electron chi connectivity index (χ0n) is 17.7. The van der Waals surface area contributed by atoms with Crippen LogP contribution in [0.5, 0.6) is 0 Å². The highest BCUT2D eigenvalue weighted by atomic mass is 15.1. The molecule has 0 fully saturated rings. The van der Waals surface area contributed by atoms with Gasteiger partial charge in [0.15, 0.2) is 0 Å². The minimum atomic E-state index is 1.01. The number of nitrogens with zero attached hydrogens (tertiary/aromatic N) is 1. The molecule has 0 radical (unpaired) electrons. The predicted molar refractivity (Wildman–Crippen MR) is 118 cm³/mol. The van der Waals surface area contributed by atoms with E-state index in [4.69, 9.17) is 0 Å². The quantitative estimate of drug-likeness (QED) is 0.309. The van der Waals surface area contributed by atoms with Gasteiger partial charge in [0.1, 0.15) is 0 Å². The summed E-state index contributed by atoms with van der Waals surface area (Å²) in [5, 5.41) is 0. The fourth-order valence-corrected chi connectivity index (χ4v) is 3.07. The van der Waals surface area contributed by atoms with Crippen molar-refractivity contribution in [2.24, 2.45) is 0 Å². The molecule has 0 aromatic heterocycles. The highest BCUT2D eigenvalue weighted by Gasteiger charge is 2.10. The van der Waals surface area contributed by atoms with Gasteiger partial charge in [-0.2, -0.15) is 0 Å². The number of hydrogen-bond donors (Lipinski definition) is 0. The summed E-state index contributed by atoms with van der Waals surface area (Å²) < 4.78 is 0. The molecule has 1 heteroatoms. The molecule has 0 saturated heterocycles. The summed E-state index contributed by atoms with van der Waals surface area (Å²) >= 11 is 0. The van der Waals surface area contributed by atoms with Gasteiger partial charge in [-0.15, -0.1) is 0 Å². The van der Waals surface area contributed by atoms with Crippen LogP contribution in [-0.4, -0.2) is 11.9 Å². The van der Waals surface area contributed by atoms with Gasteiger partial charge in [0, 0.05) is 18.4 Å². The van der Waals surface area contributed by atoms with E-state index in [-0.39, 0.29) is 0 Å². The van der Waals surface area contributed by atoms with Crippen LogP contribution in [-0.2, 0) is 0 Å². The molecular weight excluding hydrogens is 314 g/mol. The lowest BCUT2D eigenvalue weighted by molar-refractivity contribution is 0.469. The van der Waals surface area contributed by atoms with Crippen molar-refractivity contribution in [2.75, 3.05) is 7.05 Å². The lowest BCUT2D eigenvalue weighted by Gasteiger charge is -2.26. The van der Waals surface area contributed by atoms with Crippen LogP contribution in [0.1, 0.15) is 70.9 Å². The molecular formula is C25H37N. The van der Waals surface area contributed by atoms with E-state index in [1.165, 1.54) is 33.7 Å². The van der Waals surface area contributed by atoms with E-state index in [0.29, 0.717) is 0 Å². The summed E-state index contributed by atoms with van der Waals surface area (Å²) in [6.45, 7) is 15.3. The Labute approximate surface area is 161 Å². The van der Waals surface area contributed by atoms with Gasteiger partial charge in [-0.3, -0.25) is 0 Å². The first-order chi connectivity index (χ1) is 12.4. The van der Waals surface area contributed by atoms with Crippen LogP contribution in [0.3, 0.4) is 0 Å². The molecule has 1 aromatic carbocycles. The summed E-state index contributed by atoms with van der Waals surface area (Å²) in [7, 11) is 2.16. The van der Waals surface area contributed by atoms with Gasteiger partial charge in [0.2, 0.25) is 0 Å². The first-order valence-corrected chi connectivity index (χ1v) is 9.92. The van der Waals surface area contributed by atoms with Crippen molar-refractivity contribution in [3.05, 3.63) is 77.2 Å². The molecule has 0 bridgehead atoms. The van der Waals surface area contributed by atoms with Crippen molar-refractivity contribution in [3.8, 4) is 0 Å². The van der Waals surface area contributed by atoms with E-state index >= 15 is 0 Å². The van der Waals surface area contributed by atoms with Crippen LogP contribution in [0, 0.1) is 6.92 Å². The minimum Gasteiger partial charge on any atom is -0.352 e. The molecule has 0 unspecified atom stereocenters. The third kappa shape index (κ3) is 7.07. The van der Waals surface area contributed by atoms with Gasteiger partial charge < -0.3 is 4.90 Å². The van der Waals surface area contributed by atoms with Crippen molar-refractivity contribution in [3.63, 3.8) is 0 Å². The Hall–Kier alpha value is -2.02. The highest BCUT2D eigenvalue weighted by Crippen LogP contribution is 2.24. The molecule has 142 valence electrons. The number of allylic oxidation sites excluding steroid dienone is 7. The zero-order valence-corrected chi connectivity index (χ0v) is 17.7. The monoisotopic (exact) mass is 351 g/mol. The molecule has 1 nitrogen and oxygen atoms in total. The van der Waals surface area contributed by atoms with E-state index in [1.54, 1.807) is 0 Å². The Balaban J connectivity index is 2.99. The average Bonchev–Trinajstić information content (AvgIpc) is 2.62. The van der Waals surface area contributed by atoms with Crippen LogP contribution in [0.4, 0.5) is 0 Å². The van der Waals surface area contributed by atoms with Gasteiger partial charge in [-0.05, 0) is 63.2 Å². The normalized spacial score (nSPS) is 13.1. The second-order valence-electron chi connectivity index (χ2n) is 7.12. The van der Waals surface area contributed by atoms with E-state index < -0.39 is 0 Å². The van der Waals surface area contributed by atoms with Crippen LogP contribution < -0.4 is 0 Å². The predicted octanol–water partition coefficient (Wildman–Crippen LogP) is 7.66. The topological polar surface area (TPSA) is 3.24 Å². The minimum absolute atomic E-state index is 1.01. The van der Waals surface area contributed by atoms with Gasteiger partial charge in [-0.1, -0.05) is 74.9 Å². The Bertz CT molecular complexity index is 656. The Morgan fingerprint density at radius 3 is 2.27 bits per heavy atom. The lowest BCUT2D eigenvalue weighted by atomic mass is 10.0. The first kappa shape index (κ1) is 22.0. The summed E-state index contributed by atoms with van der Waals surface area (Å²) in [5.41, 5.74) is 7.79. The molecule has 0 aliphatic rings. The smallest absolute Gasteiger partial charge is 0.0202 e. The number of hydrogen-bond acceptors (Lipinski definition) is 1. The van der Waals surface area contributed by atoms with E-state index in [0.717, 1.165) is 32.1 Å². The average molecular weight is 352 g/mol. The summed E-state index contributed by atoms with van der Waals surface area (Å²) in [6.07, 6.45) is 12.2. The Morgan fingerprint density at radius 2 is 1.69 bits per heavy atom. The Morgan fingerprint density at radius 1 is 1.04 bits per heavy atom. The lowest BCUT2D eigenvalue weighted by Crippen LogP contribution is -2.18. The molecule has 0 amide bonds. The molecule has 1 rings (SSSR count). The van der Waals surface area contributed by atoms with Crippen molar-refractivity contribution < 1.29 is 0 Å². The third-order valence-electron chi connectivity index (χ3n) is 4.76. The number of benzene rings is 1. The molecule has 0 saturated carbocycles. The molecule has 0 spiro atoms. The zero-order chi connectivity index (χ0) is 19.5. The summed E-state index contributed by atoms with van der Waals surface area (Å²) in [4.78, 5) is 2.30. The second-order valence-corrected chi connectivity index (χ2v) is 7.12. The maximum absolute atomic E-state index is 4.32. The summed E-state index contributed by atoms with van der Waals surface area (Å²) in [6, 6.07) is 8.76. The molecule has 26 heavy (non-hydrogen) atoms. The highest BCUT2D eigenvalue weighted by molar-refractivity contribution is 5.66. The Kier molecular flexibility index (Phi) is 9.80. The summed E-state index contributed by atoms with van der Waals surface area (Å²) in [5.74, 6) is 0. The molecule has 0 N–H and O–H groups in total. The maximum Gasteiger partial charge on any atom is 0.0202 e. The standard InChI is InChI=1S/C25H37N/c1-8-10-11-12-14-23(6)26(7)25(13-9-2)22(5)19-21(4)24-17-15-20(3)16-18-24/h10-11,15-19H,6,8-9,12-14H2,1-5,7H3/b11-10-,21-19+,25-22+. The van der Waals surface area contributed by atoms with Crippen molar-refractivity contribution in [1.82, 2.24) is 4.90 Å². The largest absolute Gasteiger partial charge is 0.352 e. The van der Waals surface area contributed by atoms with Crippen molar-refractivity contribution in [2.45, 2.75) is 66.7 Å². The van der Waals surface area contributed by atoms with Crippen LogP contribution in [0.15, 0.2) is 66.0 Å². The molecule has 0 atom stereocenters. The van der Waals surface area contributed by atoms with E-state index in [9.17, 15) is 0 Å². The fourth-order valence-electron chi connectivity index (χ4n) is 3.07. The molecule has 1 aromatic rings. The van der Waals surface area contributed by atoms with E-state index in [1.807, 2.05) is 0 Å². The van der Waals surface area contributed by atoms with Crippen LogP contribution in [0.2, 0.25) is 0 Å².